The fourth-order valence-electron chi connectivity index (χ4n) is 3.00. The minimum atomic E-state index is -0.277. The number of nitrogens with one attached hydrogen (secondary N) is 2. The van der Waals surface area contributed by atoms with Gasteiger partial charge in [0.05, 0.1) is 0 Å². The van der Waals surface area contributed by atoms with Crippen LogP contribution in [-0.4, -0.2) is 44.2 Å². The third-order valence-electron chi connectivity index (χ3n) is 4.76. The molecule has 2 aromatic rings. The standard InChI is InChI=1S/C20H25ClN4O/c1-14-4-5-16(13-18(14)21)22-20(26)23-19-7-6-17(12-15(19)2)25-10-8-24(3)9-11-25/h4-7,12-13H,8-11H2,1-3H3,(H2,22,23,26). The number of benzene rings is 2. The first kappa shape index (κ1) is 18.5. The summed E-state index contributed by atoms with van der Waals surface area (Å²) in [5.74, 6) is 0. The lowest BCUT2D eigenvalue weighted by molar-refractivity contribution is 0.262. The minimum absolute atomic E-state index is 0.277. The molecular formula is C20H25ClN4O. The largest absolute Gasteiger partial charge is 0.369 e. The molecule has 0 spiro atoms. The molecule has 138 valence electrons. The lowest BCUT2D eigenvalue weighted by Gasteiger charge is -2.34. The number of amides is 2. The molecule has 5 nitrogen and oxygen atoms in total. The van der Waals surface area contributed by atoms with E-state index in [-0.39, 0.29) is 6.03 Å². The third kappa shape index (κ3) is 4.48. The topological polar surface area (TPSA) is 47.6 Å². The van der Waals surface area contributed by atoms with Gasteiger partial charge in [0, 0.05) is 48.3 Å². The summed E-state index contributed by atoms with van der Waals surface area (Å²) >= 11 is 6.10. The molecule has 2 amide bonds. The second-order valence-corrected chi connectivity index (χ2v) is 7.24. The maximum atomic E-state index is 12.3. The van der Waals surface area contributed by atoms with Gasteiger partial charge < -0.3 is 20.4 Å². The van der Waals surface area contributed by atoms with E-state index >= 15 is 0 Å². The summed E-state index contributed by atoms with van der Waals surface area (Å²) in [6, 6.07) is 11.4. The molecule has 26 heavy (non-hydrogen) atoms. The molecule has 2 aromatic carbocycles. The van der Waals surface area contributed by atoms with Crippen molar-refractivity contribution in [1.82, 2.24) is 4.90 Å². The molecule has 0 bridgehead atoms. The van der Waals surface area contributed by atoms with Crippen LogP contribution in [0, 0.1) is 13.8 Å². The molecule has 3 rings (SSSR count). The Kier molecular flexibility index (Phi) is 5.69. The van der Waals surface area contributed by atoms with Gasteiger partial charge in [-0.1, -0.05) is 17.7 Å². The van der Waals surface area contributed by atoms with Gasteiger partial charge in [0.25, 0.3) is 0 Å². The Bertz CT molecular complexity index is 800. The van der Waals surface area contributed by atoms with Gasteiger partial charge >= 0.3 is 6.03 Å². The van der Waals surface area contributed by atoms with E-state index in [1.54, 1.807) is 6.07 Å². The van der Waals surface area contributed by atoms with E-state index in [4.69, 9.17) is 11.6 Å². The summed E-state index contributed by atoms with van der Waals surface area (Å²) in [5, 5.41) is 6.36. The average Bonchev–Trinajstić information content (AvgIpc) is 2.60. The van der Waals surface area contributed by atoms with Crippen molar-refractivity contribution in [1.29, 1.82) is 0 Å². The number of anilines is 3. The van der Waals surface area contributed by atoms with Crippen molar-refractivity contribution in [3.05, 3.63) is 52.5 Å². The first-order valence-electron chi connectivity index (χ1n) is 8.80. The fraction of sp³-hybridized carbons (Fsp3) is 0.350. The minimum Gasteiger partial charge on any atom is -0.369 e. The lowest BCUT2D eigenvalue weighted by atomic mass is 10.1. The van der Waals surface area contributed by atoms with Crippen molar-refractivity contribution < 1.29 is 4.79 Å². The molecule has 0 radical (unpaired) electrons. The number of likely N-dealkylation sites (N-methyl/N-ethyl adjacent to an activating group) is 1. The Morgan fingerprint density at radius 3 is 2.35 bits per heavy atom. The van der Waals surface area contributed by atoms with Crippen LogP contribution in [0.5, 0.6) is 0 Å². The predicted molar refractivity (Wildman–Crippen MR) is 110 cm³/mol. The smallest absolute Gasteiger partial charge is 0.323 e. The van der Waals surface area contributed by atoms with Gasteiger partial charge in [-0.2, -0.15) is 0 Å². The number of urea groups is 1. The molecule has 1 saturated heterocycles. The highest BCUT2D eigenvalue weighted by molar-refractivity contribution is 6.31. The van der Waals surface area contributed by atoms with Crippen LogP contribution < -0.4 is 15.5 Å². The zero-order chi connectivity index (χ0) is 18.7. The normalized spacial score (nSPS) is 15.0. The summed E-state index contributed by atoms with van der Waals surface area (Å²) in [6.07, 6.45) is 0. The number of piperazine rings is 1. The highest BCUT2D eigenvalue weighted by Gasteiger charge is 2.15. The molecule has 2 N–H and O–H groups in total. The van der Waals surface area contributed by atoms with Crippen molar-refractivity contribution in [2.75, 3.05) is 48.8 Å². The molecule has 0 atom stereocenters. The Hall–Kier alpha value is -2.24. The van der Waals surface area contributed by atoms with E-state index < -0.39 is 0 Å². The van der Waals surface area contributed by atoms with E-state index in [1.165, 1.54) is 5.69 Å². The number of hydrogen-bond acceptors (Lipinski definition) is 3. The number of rotatable bonds is 3. The van der Waals surface area contributed by atoms with E-state index in [0.717, 1.165) is 43.0 Å². The van der Waals surface area contributed by atoms with Crippen LogP contribution in [0.25, 0.3) is 0 Å². The quantitative estimate of drug-likeness (QED) is 0.841. The number of halogens is 1. The van der Waals surface area contributed by atoms with Crippen LogP contribution in [0.1, 0.15) is 11.1 Å². The number of hydrogen-bond donors (Lipinski definition) is 2. The zero-order valence-electron chi connectivity index (χ0n) is 15.5. The van der Waals surface area contributed by atoms with E-state index in [1.807, 2.05) is 32.0 Å². The molecule has 1 aliphatic heterocycles. The highest BCUT2D eigenvalue weighted by atomic mass is 35.5. The molecule has 1 fully saturated rings. The number of carbonyl (C=O) groups is 1. The third-order valence-corrected chi connectivity index (χ3v) is 5.16. The first-order chi connectivity index (χ1) is 12.4. The van der Waals surface area contributed by atoms with Crippen LogP contribution in [0.3, 0.4) is 0 Å². The Morgan fingerprint density at radius 1 is 0.962 bits per heavy atom. The monoisotopic (exact) mass is 372 g/mol. The second-order valence-electron chi connectivity index (χ2n) is 6.83. The van der Waals surface area contributed by atoms with Crippen LogP contribution in [-0.2, 0) is 0 Å². The zero-order valence-corrected chi connectivity index (χ0v) is 16.2. The Labute approximate surface area is 159 Å². The van der Waals surface area contributed by atoms with Gasteiger partial charge in [-0.15, -0.1) is 0 Å². The summed E-state index contributed by atoms with van der Waals surface area (Å²) < 4.78 is 0. The molecule has 0 aliphatic carbocycles. The Balaban J connectivity index is 1.64. The van der Waals surface area contributed by atoms with Crippen molar-refractivity contribution in [3.63, 3.8) is 0 Å². The van der Waals surface area contributed by atoms with Gasteiger partial charge in [0.2, 0.25) is 0 Å². The van der Waals surface area contributed by atoms with Gasteiger partial charge in [-0.05, 0) is 62.4 Å². The van der Waals surface area contributed by atoms with E-state index in [2.05, 4.69) is 39.6 Å². The SMILES string of the molecule is Cc1ccc(NC(=O)Nc2ccc(N3CCN(C)CC3)cc2C)cc1Cl. The van der Waals surface area contributed by atoms with Gasteiger partial charge in [-0.25, -0.2) is 4.79 Å². The Morgan fingerprint density at radius 2 is 1.69 bits per heavy atom. The fourth-order valence-corrected chi connectivity index (χ4v) is 3.19. The van der Waals surface area contributed by atoms with Crippen LogP contribution in [0.2, 0.25) is 5.02 Å². The predicted octanol–water partition coefficient (Wildman–Crippen LogP) is 4.35. The molecule has 0 aromatic heterocycles. The molecule has 1 aliphatic rings. The van der Waals surface area contributed by atoms with Crippen LogP contribution >= 0.6 is 11.6 Å². The van der Waals surface area contributed by atoms with Gasteiger partial charge in [-0.3, -0.25) is 0 Å². The van der Waals surface area contributed by atoms with Crippen molar-refractivity contribution >= 4 is 34.7 Å². The molecule has 6 heteroatoms. The van der Waals surface area contributed by atoms with Gasteiger partial charge in [0.1, 0.15) is 0 Å². The average molecular weight is 373 g/mol. The van der Waals surface area contributed by atoms with Gasteiger partial charge in [0.15, 0.2) is 0 Å². The van der Waals surface area contributed by atoms with Crippen LogP contribution in [0.15, 0.2) is 36.4 Å². The summed E-state index contributed by atoms with van der Waals surface area (Å²) in [6.45, 7) is 8.13. The highest BCUT2D eigenvalue weighted by Crippen LogP contribution is 2.24. The summed E-state index contributed by atoms with van der Waals surface area (Å²) in [5.41, 5.74) is 4.70. The molecular weight excluding hydrogens is 348 g/mol. The summed E-state index contributed by atoms with van der Waals surface area (Å²) in [7, 11) is 2.15. The van der Waals surface area contributed by atoms with Crippen molar-refractivity contribution in [3.8, 4) is 0 Å². The van der Waals surface area contributed by atoms with E-state index in [0.29, 0.717) is 10.7 Å². The second kappa shape index (κ2) is 7.98. The first-order valence-corrected chi connectivity index (χ1v) is 9.18. The number of carbonyl (C=O) groups excluding carboxylic acids is 1. The maximum Gasteiger partial charge on any atom is 0.323 e. The molecule has 1 heterocycles. The number of aryl methyl sites for hydroxylation is 2. The van der Waals surface area contributed by atoms with E-state index in [9.17, 15) is 4.79 Å². The van der Waals surface area contributed by atoms with Crippen LogP contribution in [0.4, 0.5) is 21.9 Å². The van der Waals surface area contributed by atoms with Crippen molar-refractivity contribution in [2.45, 2.75) is 13.8 Å². The molecule has 0 saturated carbocycles. The maximum absolute atomic E-state index is 12.3. The van der Waals surface area contributed by atoms with Crippen molar-refractivity contribution in [2.24, 2.45) is 0 Å². The molecule has 0 unspecified atom stereocenters. The number of nitrogens with zero attached hydrogens (tertiary/aromatic N) is 2. The summed E-state index contributed by atoms with van der Waals surface area (Å²) in [4.78, 5) is 17.0. The lowest BCUT2D eigenvalue weighted by Crippen LogP contribution is -2.44.